The first-order valence-electron chi connectivity index (χ1n) is 7.16. The molecule has 0 radical (unpaired) electrons. The van der Waals surface area contributed by atoms with Gasteiger partial charge in [0, 0.05) is 20.3 Å². The van der Waals surface area contributed by atoms with Crippen molar-refractivity contribution in [1.82, 2.24) is 10.6 Å². The van der Waals surface area contributed by atoms with Gasteiger partial charge in [0.05, 0.1) is 18.0 Å². The SMILES string of the molecule is COCCC(NC(=O)NCCC(=O)O)c1cccc(C(F)(F)F)c1. The van der Waals surface area contributed by atoms with Gasteiger partial charge in [-0.15, -0.1) is 0 Å². The third-order valence-corrected chi connectivity index (χ3v) is 3.16. The number of halogens is 3. The van der Waals surface area contributed by atoms with E-state index in [1.54, 1.807) is 0 Å². The van der Waals surface area contributed by atoms with Gasteiger partial charge in [0.1, 0.15) is 0 Å². The highest BCUT2D eigenvalue weighted by molar-refractivity contribution is 5.75. The van der Waals surface area contributed by atoms with Crippen LogP contribution < -0.4 is 10.6 Å². The lowest BCUT2D eigenvalue weighted by Gasteiger charge is -2.20. The zero-order chi connectivity index (χ0) is 18.2. The predicted octanol–water partition coefficient (Wildman–Crippen LogP) is 2.56. The predicted molar refractivity (Wildman–Crippen MR) is 79.5 cm³/mol. The topological polar surface area (TPSA) is 87.7 Å². The Balaban J connectivity index is 2.81. The van der Waals surface area contributed by atoms with Crippen LogP contribution in [0.1, 0.15) is 30.0 Å². The number of aliphatic carboxylic acids is 1. The minimum absolute atomic E-state index is 0.0826. The fourth-order valence-electron chi connectivity index (χ4n) is 1.98. The molecule has 0 bridgehead atoms. The minimum Gasteiger partial charge on any atom is -0.481 e. The van der Waals surface area contributed by atoms with Crippen LogP contribution in [-0.4, -0.2) is 37.4 Å². The molecule has 1 atom stereocenters. The number of nitrogens with one attached hydrogen (secondary N) is 2. The fraction of sp³-hybridized carbons (Fsp3) is 0.467. The fourth-order valence-corrected chi connectivity index (χ4v) is 1.98. The van der Waals surface area contributed by atoms with Crippen molar-refractivity contribution in [3.05, 3.63) is 35.4 Å². The van der Waals surface area contributed by atoms with Crippen molar-refractivity contribution in [3.63, 3.8) is 0 Å². The van der Waals surface area contributed by atoms with Crippen LogP contribution in [0.25, 0.3) is 0 Å². The molecule has 0 aliphatic carbocycles. The Bertz CT molecular complexity index is 564. The molecule has 1 aromatic carbocycles. The van der Waals surface area contributed by atoms with Crippen LogP contribution in [-0.2, 0) is 15.7 Å². The summed E-state index contributed by atoms with van der Waals surface area (Å²) in [6.45, 7) is 0.150. The monoisotopic (exact) mass is 348 g/mol. The number of alkyl halides is 3. The molecule has 0 aromatic heterocycles. The molecule has 0 heterocycles. The lowest BCUT2D eigenvalue weighted by atomic mass is 10.0. The number of carbonyl (C=O) groups is 2. The van der Waals surface area contributed by atoms with E-state index >= 15 is 0 Å². The van der Waals surface area contributed by atoms with Crippen LogP contribution in [0.15, 0.2) is 24.3 Å². The average Bonchev–Trinajstić information content (AvgIpc) is 2.50. The molecular formula is C15H19F3N2O4. The normalized spacial score (nSPS) is 12.5. The number of methoxy groups -OCH3 is 1. The summed E-state index contributed by atoms with van der Waals surface area (Å²) in [6, 6.07) is 3.31. The molecule has 3 N–H and O–H groups in total. The molecule has 1 aromatic rings. The number of urea groups is 1. The second kappa shape index (κ2) is 9.11. The summed E-state index contributed by atoms with van der Waals surface area (Å²) in [4.78, 5) is 22.2. The summed E-state index contributed by atoms with van der Waals surface area (Å²) in [5, 5.41) is 13.4. The Morgan fingerprint density at radius 3 is 2.62 bits per heavy atom. The molecule has 1 unspecified atom stereocenters. The van der Waals surface area contributed by atoms with E-state index in [0.29, 0.717) is 0 Å². The molecule has 1 rings (SSSR count). The molecule has 2 amide bonds. The molecule has 24 heavy (non-hydrogen) atoms. The van der Waals surface area contributed by atoms with E-state index in [2.05, 4.69) is 10.6 Å². The second-order valence-electron chi connectivity index (χ2n) is 5.00. The number of ether oxygens (including phenoxy) is 1. The molecular weight excluding hydrogens is 329 g/mol. The molecule has 134 valence electrons. The van der Waals surface area contributed by atoms with Crippen molar-refractivity contribution in [2.75, 3.05) is 20.3 Å². The Hall–Kier alpha value is -2.29. The maximum Gasteiger partial charge on any atom is 0.416 e. The molecule has 6 nitrogen and oxygen atoms in total. The van der Waals surface area contributed by atoms with Gasteiger partial charge in [-0.1, -0.05) is 12.1 Å². The molecule has 0 saturated carbocycles. The first-order chi connectivity index (χ1) is 11.2. The highest BCUT2D eigenvalue weighted by Crippen LogP contribution is 2.31. The second-order valence-corrected chi connectivity index (χ2v) is 5.00. The van der Waals surface area contributed by atoms with Crippen molar-refractivity contribution in [1.29, 1.82) is 0 Å². The van der Waals surface area contributed by atoms with Crippen molar-refractivity contribution in [3.8, 4) is 0 Å². The van der Waals surface area contributed by atoms with Crippen molar-refractivity contribution >= 4 is 12.0 Å². The largest absolute Gasteiger partial charge is 0.481 e. The number of amides is 2. The summed E-state index contributed by atoms with van der Waals surface area (Å²) in [6.07, 6.45) is -4.46. The van der Waals surface area contributed by atoms with Crippen molar-refractivity contribution in [2.24, 2.45) is 0 Å². The van der Waals surface area contributed by atoms with Crippen molar-refractivity contribution < 1.29 is 32.6 Å². The van der Waals surface area contributed by atoms with Gasteiger partial charge < -0.3 is 20.5 Å². The molecule has 9 heteroatoms. The summed E-state index contributed by atoms with van der Waals surface area (Å²) in [5.41, 5.74) is -0.522. The highest BCUT2D eigenvalue weighted by Gasteiger charge is 2.31. The first kappa shape index (κ1) is 19.8. The molecule has 0 saturated heterocycles. The highest BCUT2D eigenvalue weighted by atomic mass is 19.4. The standard InChI is InChI=1S/C15H19F3N2O4/c1-24-8-6-12(20-14(23)19-7-5-13(21)22)10-3-2-4-11(9-10)15(16,17)18/h2-4,9,12H,5-8H2,1H3,(H,21,22)(H2,19,20,23). The van der Waals surface area contributed by atoms with Gasteiger partial charge in [0.25, 0.3) is 0 Å². The van der Waals surface area contributed by atoms with Gasteiger partial charge in [-0.3, -0.25) is 4.79 Å². The molecule has 0 fully saturated rings. The van der Waals surface area contributed by atoms with E-state index in [1.165, 1.54) is 19.2 Å². The number of carbonyl (C=O) groups excluding carboxylic acids is 1. The Labute approximate surface area is 137 Å². The van der Waals surface area contributed by atoms with Crippen LogP contribution >= 0.6 is 0 Å². The van der Waals surface area contributed by atoms with Crippen LogP contribution in [0.4, 0.5) is 18.0 Å². The number of hydrogen-bond acceptors (Lipinski definition) is 3. The van der Waals surface area contributed by atoms with Gasteiger partial charge in [0.2, 0.25) is 0 Å². The number of hydrogen-bond donors (Lipinski definition) is 3. The van der Waals surface area contributed by atoms with Crippen LogP contribution in [0.3, 0.4) is 0 Å². The van der Waals surface area contributed by atoms with Crippen LogP contribution in [0.2, 0.25) is 0 Å². The molecule has 0 aliphatic heterocycles. The summed E-state index contributed by atoms with van der Waals surface area (Å²) in [5.74, 6) is -1.07. The maximum absolute atomic E-state index is 12.8. The third-order valence-electron chi connectivity index (χ3n) is 3.16. The van der Waals surface area contributed by atoms with E-state index in [4.69, 9.17) is 9.84 Å². The zero-order valence-electron chi connectivity index (χ0n) is 13.0. The summed E-state index contributed by atoms with van der Waals surface area (Å²) < 4.78 is 43.3. The molecule has 0 aliphatic rings. The smallest absolute Gasteiger partial charge is 0.416 e. The van der Waals surface area contributed by atoms with Gasteiger partial charge in [-0.05, 0) is 24.1 Å². The zero-order valence-corrected chi connectivity index (χ0v) is 13.0. The number of rotatable bonds is 8. The average molecular weight is 348 g/mol. The van der Waals surface area contributed by atoms with Gasteiger partial charge in [-0.25, -0.2) is 4.79 Å². The number of carboxylic acids is 1. The lowest BCUT2D eigenvalue weighted by molar-refractivity contribution is -0.138. The van der Waals surface area contributed by atoms with E-state index < -0.39 is 29.8 Å². The lowest BCUT2D eigenvalue weighted by Crippen LogP contribution is -2.39. The summed E-state index contributed by atoms with van der Waals surface area (Å²) in [7, 11) is 1.44. The van der Waals surface area contributed by atoms with E-state index in [-0.39, 0.29) is 31.6 Å². The minimum atomic E-state index is -4.48. The van der Waals surface area contributed by atoms with Crippen LogP contribution in [0.5, 0.6) is 0 Å². The third kappa shape index (κ3) is 6.86. The Morgan fingerprint density at radius 2 is 2.04 bits per heavy atom. The van der Waals surface area contributed by atoms with Crippen LogP contribution in [0, 0.1) is 0 Å². The Morgan fingerprint density at radius 1 is 1.33 bits per heavy atom. The van der Waals surface area contributed by atoms with Gasteiger partial charge in [-0.2, -0.15) is 13.2 Å². The van der Waals surface area contributed by atoms with E-state index in [1.807, 2.05) is 0 Å². The number of carboxylic acid groups (broad SMARTS) is 1. The number of benzene rings is 1. The molecule has 0 spiro atoms. The summed E-state index contributed by atoms with van der Waals surface area (Å²) >= 11 is 0. The van der Waals surface area contributed by atoms with Crippen molar-refractivity contribution in [2.45, 2.75) is 25.1 Å². The van der Waals surface area contributed by atoms with E-state index in [0.717, 1.165) is 12.1 Å². The van der Waals surface area contributed by atoms with Gasteiger partial charge >= 0.3 is 18.2 Å². The Kier molecular flexibility index (Phi) is 7.50. The quantitative estimate of drug-likeness (QED) is 0.674. The maximum atomic E-state index is 12.8. The van der Waals surface area contributed by atoms with E-state index in [9.17, 15) is 22.8 Å². The van der Waals surface area contributed by atoms with Gasteiger partial charge in [0.15, 0.2) is 0 Å². The first-order valence-corrected chi connectivity index (χ1v) is 7.16.